The molecule has 12 heteroatoms. The molecule has 6 aromatic carbocycles. The van der Waals surface area contributed by atoms with E-state index in [2.05, 4.69) is 92.0 Å². The molecule has 2 aromatic heterocycles. The van der Waals surface area contributed by atoms with E-state index in [1.54, 1.807) is 6.33 Å². The molecule has 0 amide bonds. The Morgan fingerprint density at radius 3 is 1.43 bits per heavy atom. The summed E-state index contributed by atoms with van der Waals surface area (Å²) < 4.78 is 41.0. The molecule has 8 aromatic rings. The molecule has 0 radical (unpaired) electrons. The molecule has 0 aliphatic carbocycles. The van der Waals surface area contributed by atoms with E-state index in [9.17, 15) is 9.46 Å². The number of benzene rings is 6. The van der Waals surface area contributed by atoms with Gasteiger partial charge in [0.15, 0.2) is 11.5 Å². The van der Waals surface area contributed by atoms with Gasteiger partial charge in [-0.25, -0.2) is 15.0 Å². The Bertz CT molecular complexity index is 2790. The molecular weight excluding hydrogens is 1000 g/mol. The van der Waals surface area contributed by atoms with Gasteiger partial charge >= 0.3 is 7.60 Å². The third-order valence-electron chi connectivity index (χ3n) is 14.8. The third-order valence-corrected chi connectivity index (χ3v) is 15.8. The molecule has 0 aliphatic rings. The van der Waals surface area contributed by atoms with Crippen LogP contribution in [-0.4, -0.2) is 63.3 Å². The average molecular weight is 1080 g/mol. The molecule has 1 unspecified atom stereocenters. The second-order valence-electron chi connectivity index (χ2n) is 21.1. The van der Waals surface area contributed by atoms with Crippen LogP contribution in [-0.2, 0) is 41.0 Å². The Morgan fingerprint density at radius 1 is 0.532 bits per heavy atom. The molecule has 0 aliphatic heterocycles. The molecule has 0 saturated carbocycles. The second kappa shape index (κ2) is 30.9. The quantitative estimate of drug-likeness (QED) is 0.0222. The fraction of sp³-hybridized carbons (Fsp3) is 0.388. The number of imidazole rings is 1. The summed E-state index contributed by atoms with van der Waals surface area (Å²) in [6.07, 6.45) is 19.3. The number of anilines is 1. The van der Waals surface area contributed by atoms with Crippen molar-refractivity contribution in [1.29, 1.82) is 0 Å². The molecule has 0 saturated heterocycles. The van der Waals surface area contributed by atoms with Gasteiger partial charge in [-0.05, 0) is 52.1 Å². The van der Waals surface area contributed by atoms with E-state index in [4.69, 9.17) is 33.7 Å². The van der Waals surface area contributed by atoms with E-state index >= 15 is 0 Å². The molecule has 0 spiro atoms. The highest BCUT2D eigenvalue weighted by atomic mass is 31.2. The van der Waals surface area contributed by atoms with Gasteiger partial charge in [0.05, 0.1) is 32.2 Å². The SMILES string of the molecule is CC(C)CCCCCCCCCCCCCCOCCCOP(=O)(O)CO[C@H](COC(c1ccccc1)(c1ccccc1)c1ccccc1)Cn1cnc2c(NC(c3ccccc3)(c3ccccc3)c3ccccc3)ncnc21. The van der Waals surface area contributed by atoms with E-state index in [1.165, 1.54) is 77.0 Å². The van der Waals surface area contributed by atoms with Crippen LogP contribution in [0, 0.1) is 5.92 Å². The first-order chi connectivity index (χ1) is 38.8. The van der Waals surface area contributed by atoms with Crippen LogP contribution in [0.4, 0.5) is 5.82 Å². The minimum Gasteiger partial charge on any atom is -0.381 e. The summed E-state index contributed by atoms with van der Waals surface area (Å²) >= 11 is 0. The second-order valence-corrected chi connectivity index (χ2v) is 22.9. The van der Waals surface area contributed by atoms with E-state index in [0.717, 1.165) is 52.1 Å². The van der Waals surface area contributed by atoms with Crippen LogP contribution < -0.4 is 5.32 Å². The molecule has 2 heterocycles. The Kier molecular flexibility index (Phi) is 23.0. The average Bonchev–Trinajstić information content (AvgIpc) is 3.96. The normalized spacial score (nSPS) is 13.2. The number of fused-ring (bicyclic) bond motifs is 1. The van der Waals surface area contributed by atoms with Crippen LogP contribution in [0.3, 0.4) is 0 Å². The minimum atomic E-state index is -4.23. The van der Waals surface area contributed by atoms with Gasteiger partial charge in [-0.15, -0.1) is 0 Å². The minimum absolute atomic E-state index is 0.000295. The van der Waals surface area contributed by atoms with Crippen LogP contribution in [0.5, 0.6) is 0 Å². The number of rotatable bonds is 36. The van der Waals surface area contributed by atoms with Crippen molar-refractivity contribution in [2.75, 3.05) is 38.1 Å². The summed E-state index contributed by atoms with van der Waals surface area (Å²) in [4.78, 5) is 25.9. The van der Waals surface area contributed by atoms with E-state index < -0.39 is 31.2 Å². The highest BCUT2D eigenvalue weighted by molar-refractivity contribution is 7.52. The van der Waals surface area contributed by atoms with Crippen molar-refractivity contribution in [2.24, 2.45) is 5.92 Å². The number of ether oxygens (including phenoxy) is 3. The van der Waals surface area contributed by atoms with Gasteiger partial charge < -0.3 is 33.5 Å². The maximum atomic E-state index is 13.8. The highest BCUT2D eigenvalue weighted by Crippen LogP contribution is 2.44. The first-order valence-corrected chi connectivity index (χ1v) is 30.6. The number of nitrogens with zero attached hydrogens (tertiary/aromatic N) is 4. The Balaban J connectivity index is 0.947. The zero-order valence-electron chi connectivity index (χ0n) is 46.5. The summed E-state index contributed by atoms with van der Waals surface area (Å²) in [5.41, 5.74) is 4.92. The van der Waals surface area contributed by atoms with Crippen LogP contribution in [0.1, 0.15) is 137 Å². The standard InChI is InChI=1S/C67H82N5O6P/c1-55(2)34-19-11-9-7-5-3-4-6-8-10-12-32-47-75-48-33-49-78-79(73,74)54-76-62(51-77-67(59-41-26-16-27-42-59,60-43-28-17-29-44-60)61-45-30-18-31-46-61)50-72-53-70-63-64(68-52-69-65(63)72)71-66(56-35-20-13-21-36-56,57-37-22-14-23-38-57)58-39-24-15-25-40-58/h13-18,20-31,35-46,52-53,55,62H,3-12,19,32-34,47-51,54H2,1-2H3,(H,73,74)(H,68,69,71)/t62-/m0/s1. The summed E-state index contributed by atoms with van der Waals surface area (Å²) in [7, 11) is -4.23. The van der Waals surface area contributed by atoms with E-state index in [0.29, 0.717) is 36.6 Å². The van der Waals surface area contributed by atoms with Gasteiger partial charge in [-0.3, -0.25) is 4.57 Å². The van der Waals surface area contributed by atoms with Gasteiger partial charge in [-0.2, -0.15) is 0 Å². The van der Waals surface area contributed by atoms with Gasteiger partial charge in [0.25, 0.3) is 0 Å². The van der Waals surface area contributed by atoms with E-state index in [1.807, 2.05) is 114 Å². The molecule has 0 fully saturated rings. The van der Waals surface area contributed by atoms with Crippen molar-refractivity contribution < 1.29 is 28.2 Å². The predicted molar refractivity (Wildman–Crippen MR) is 319 cm³/mol. The van der Waals surface area contributed by atoms with Crippen molar-refractivity contribution in [1.82, 2.24) is 19.5 Å². The zero-order chi connectivity index (χ0) is 54.9. The van der Waals surface area contributed by atoms with Crippen LogP contribution in [0.15, 0.2) is 195 Å². The molecule has 2 N–H and O–H groups in total. The first-order valence-electron chi connectivity index (χ1n) is 28.9. The predicted octanol–water partition coefficient (Wildman–Crippen LogP) is 15.9. The summed E-state index contributed by atoms with van der Waals surface area (Å²) in [5.74, 6) is 1.35. The molecule has 0 bridgehead atoms. The zero-order valence-corrected chi connectivity index (χ0v) is 47.4. The third kappa shape index (κ3) is 16.6. The Morgan fingerprint density at radius 2 is 0.962 bits per heavy atom. The van der Waals surface area contributed by atoms with Gasteiger partial charge in [-0.1, -0.05) is 273 Å². The monoisotopic (exact) mass is 1080 g/mol. The summed E-state index contributed by atoms with van der Waals surface area (Å²) in [5, 5.41) is 3.88. The lowest BCUT2D eigenvalue weighted by Gasteiger charge is -2.37. The van der Waals surface area contributed by atoms with Crippen molar-refractivity contribution in [3.8, 4) is 0 Å². The topological polar surface area (TPSA) is 130 Å². The largest absolute Gasteiger partial charge is 0.381 e. The first kappa shape index (κ1) is 58.8. The summed E-state index contributed by atoms with van der Waals surface area (Å²) in [6.45, 7) is 5.98. The van der Waals surface area contributed by atoms with Gasteiger partial charge in [0.1, 0.15) is 29.3 Å². The number of hydrogen-bond donors (Lipinski definition) is 2. The van der Waals surface area contributed by atoms with Crippen LogP contribution in [0.2, 0.25) is 0 Å². The maximum Gasteiger partial charge on any atom is 0.353 e. The Hall–Kier alpha value is -6.30. The number of nitrogens with one attached hydrogen (secondary N) is 1. The lowest BCUT2D eigenvalue weighted by molar-refractivity contribution is -0.0629. The molecular formula is C67H82N5O6P. The fourth-order valence-electron chi connectivity index (χ4n) is 10.7. The molecule has 416 valence electrons. The fourth-order valence-corrected chi connectivity index (χ4v) is 11.5. The van der Waals surface area contributed by atoms with Crippen molar-refractivity contribution in [3.05, 3.63) is 228 Å². The molecule has 8 rings (SSSR count). The lowest BCUT2D eigenvalue weighted by Crippen LogP contribution is -2.38. The maximum absolute atomic E-state index is 13.8. The van der Waals surface area contributed by atoms with Crippen LogP contribution in [0.25, 0.3) is 11.2 Å². The molecule has 79 heavy (non-hydrogen) atoms. The van der Waals surface area contributed by atoms with Gasteiger partial charge in [0.2, 0.25) is 0 Å². The Labute approximate surface area is 469 Å². The van der Waals surface area contributed by atoms with Crippen molar-refractivity contribution in [2.45, 2.75) is 128 Å². The molecule has 2 atom stereocenters. The number of unbranched alkanes of at least 4 members (excludes halogenated alkanes) is 11. The lowest BCUT2D eigenvalue weighted by atomic mass is 9.77. The highest BCUT2D eigenvalue weighted by Gasteiger charge is 2.40. The molecule has 11 nitrogen and oxygen atoms in total. The van der Waals surface area contributed by atoms with Gasteiger partial charge in [0, 0.05) is 13.2 Å². The summed E-state index contributed by atoms with van der Waals surface area (Å²) in [6, 6.07) is 61.3. The van der Waals surface area contributed by atoms with Crippen molar-refractivity contribution in [3.63, 3.8) is 0 Å². The van der Waals surface area contributed by atoms with E-state index in [-0.39, 0.29) is 19.8 Å². The number of hydrogen-bond acceptors (Lipinski definition) is 9. The van der Waals surface area contributed by atoms with Crippen LogP contribution >= 0.6 is 7.60 Å². The number of aromatic nitrogens is 4. The smallest absolute Gasteiger partial charge is 0.353 e. The van der Waals surface area contributed by atoms with Crippen molar-refractivity contribution >= 4 is 24.6 Å².